The molecule has 3 aromatic rings. The Hall–Kier alpha value is -1.16. The Labute approximate surface area is 181 Å². The van der Waals surface area contributed by atoms with Crippen molar-refractivity contribution in [2.45, 2.75) is 6.92 Å². The monoisotopic (exact) mass is 612 g/mol. The van der Waals surface area contributed by atoms with Gasteiger partial charge in [0, 0.05) is 11.6 Å². The average molecular weight is 613 g/mol. The minimum Gasteiger partial charge on any atom is -1.00 e. The molecule has 0 aliphatic rings. The summed E-state index contributed by atoms with van der Waals surface area (Å²) >= 11 is 1.75. The molecule has 0 fully saturated rings. The molecular weight excluding hydrogens is 592 g/mol. The number of hydrogen-bond acceptors (Lipinski definition) is 0. The zero-order chi connectivity index (χ0) is 20.2. The summed E-state index contributed by atoms with van der Waals surface area (Å²) in [7, 11) is 2.11. The van der Waals surface area contributed by atoms with Gasteiger partial charge < -0.3 is 4.70 Å². The fourth-order valence-electron chi connectivity index (χ4n) is 2.68. The SMILES string of the molecule is Cc1ccc([PH+](c2ccccc2)c2ccccc2)[n+](C)c1.FB(F)F.[Cl][Au].[F-]. The fourth-order valence-corrected chi connectivity index (χ4v) is 5.32. The van der Waals surface area contributed by atoms with E-state index in [2.05, 4.69) is 107 Å². The molecule has 0 N–H and O–H groups in total. The molecule has 0 amide bonds. The maximum absolute atomic E-state index is 9.67. The number of aryl methyl sites for hydroxylation is 2. The first kappa shape index (κ1) is 26.8. The van der Waals surface area contributed by atoms with E-state index in [0.29, 0.717) is 0 Å². The van der Waals surface area contributed by atoms with Crippen LogP contribution in [0.3, 0.4) is 0 Å². The topological polar surface area (TPSA) is 3.88 Å². The van der Waals surface area contributed by atoms with Gasteiger partial charge in [0.2, 0.25) is 0 Å². The van der Waals surface area contributed by atoms with E-state index in [4.69, 9.17) is 0 Å². The second-order valence-corrected chi connectivity index (χ2v) is 7.97. The molecule has 28 heavy (non-hydrogen) atoms. The van der Waals surface area contributed by atoms with Crippen molar-refractivity contribution in [3.05, 3.63) is 84.6 Å². The van der Waals surface area contributed by atoms with Crippen molar-refractivity contribution in [2.75, 3.05) is 0 Å². The summed E-state index contributed by atoms with van der Waals surface area (Å²) in [4.78, 5) is 0. The molecule has 1 nitrogen and oxygen atoms in total. The van der Waals surface area contributed by atoms with Gasteiger partial charge >= 0.3 is 42.2 Å². The Bertz CT molecular complexity index is 758. The Balaban J connectivity index is 0.000000931. The summed E-state index contributed by atoms with van der Waals surface area (Å²) < 4.78 is 31.3. The van der Waals surface area contributed by atoms with Crippen molar-refractivity contribution in [1.82, 2.24) is 0 Å². The van der Waals surface area contributed by atoms with Gasteiger partial charge in [0.25, 0.3) is 0 Å². The van der Waals surface area contributed by atoms with Gasteiger partial charge in [-0.2, -0.15) is 4.57 Å². The van der Waals surface area contributed by atoms with Crippen molar-refractivity contribution < 1.29 is 42.2 Å². The maximum Gasteiger partial charge on any atom is -1.00 e. The molecule has 2 aromatic carbocycles. The number of pyridine rings is 1. The fraction of sp³-hybridized carbons (Fsp3) is 0.105. The second kappa shape index (κ2) is 14.8. The summed E-state index contributed by atoms with van der Waals surface area (Å²) in [6, 6.07) is 26.2. The largest absolute Gasteiger partial charge is 1.00 e. The van der Waals surface area contributed by atoms with Gasteiger partial charge in [-0.15, -0.1) is 0 Å². The standard InChI is InChI=1S/C19H19NP.Au.BF3.ClH.FH/c1-16-13-14-19(20(2)15-16)21(17-9-5-3-6-10-17)18-11-7-4-8-12-18;;2-1(3)4;;/h3-15H,1-2H3;;;2*1H/q2*+1;;;/p-1. The van der Waals surface area contributed by atoms with Gasteiger partial charge in [0.05, 0.1) is 0 Å². The number of aromatic nitrogens is 1. The first-order valence-corrected chi connectivity index (χ1v) is 12.2. The quantitative estimate of drug-likeness (QED) is 0.179. The number of hydrogen-bond donors (Lipinski definition) is 0. The second-order valence-electron chi connectivity index (χ2n) is 5.56. The van der Waals surface area contributed by atoms with Crippen LogP contribution in [-0.2, 0) is 27.0 Å². The Morgan fingerprint density at radius 3 is 1.57 bits per heavy atom. The van der Waals surface area contributed by atoms with Gasteiger partial charge in [-0.1, -0.05) is 36.4 Å². The van der Waals surface area contributed by atoms with E-state index in [1.807, 2.05) is 0 Å². The maximum atomic E-state index is 9.67. The smallest absolute Gasteiger partial charge is 1.00 e. The van der Waals surface area contributed by atoms with E-state index in [0.717, 1.165) is 0 Å². The van der Waals surface area contributed by atoms with Crippen LogP contribution in [0.2, 0.25) is 0 Å². The molecular formula is C19H20AuBClF4NP+. The zero-order valence-corrected chi connectivity index (χ0v) is 19.1. The van der Waals surface area contributed by atoms with Crippen molar-refractivity contribution in [1.29, 1.82) is 0 Å². The normalized spacial score (nSPS) is 9.32. The van der Waals surface area contributed by atoms with Gasteiger partial charge in [0.15, 0.2) is 14.1 Å². The molecule has 1 heterocycles. The summed E-state index contributed by atoms with van der Waals surface area (Å²) in [6.07, 6.45) is 2.21. The molecule has 0 aliphatic carbocycles. The minimum absolute atomic E-state index is 0. The predicted molar refractivity (Wildman–Crippen MR) is 107 cm³/mol. The zero-order valence-electron chi connectivity index (χ0n) is 15.2. The Kier molecular flexibility index (Phi) is 14.2. The Morgan fingerprint density at radius 1 is 0.821 bits per heavy atom. The van der Waals surface area contributed by atoms with Crippen LogP contribution < -0.4 is 25.3 Å². The van der Waals surface area contributed by atoms with E-state index >= 15 is 0 Å². The average Bonchev–Trinajstić information content (AvgIpc) is 2.67. The molecule has 1 aromatic heterocycles. The molecule has 0 bridgehead atoms. The summed E-state index contributed by atoms with van der Waals surface area (Å²) in [5.41, 5.74) is 2.70. The summed E-state index contributed by atoms with van der Waals surface area (Å²) in [6.45, 7) is 2.14. The van der Waals surface area contributed by atoms with Gasteiger partial charge in [-0.3, -0.25) is 12.9 Å². The molecule has 0 radical (unpaired) electrons. The molecule has 0 saturated carbocycles. The van der Waals surface area contributed by atoms with Crippen LogP contribution in [0.1, 0.15) is 5.56 Å². The van der Waals surface area contributed by atoms with E-state index in [9.17, 15) is 12.9 Å². The van der Waals surface area contributed by atoms with Crippen molar-refractivity contribution in [3.8, 4) is 0 Å². The molecule has 9 heteroatoms. The molecule has 154 valence electrons. The van der Waals surface area contributed by atoms with E-state index in [1.54, 1.807) is 20.0 Å². The van der Waals surface area contributed by atoms with E-state index in [1.165, 1.54) is 21.6 Å². The Morgan fingerprint density at radius 2 is 1.21 bits per heavy atom. The first-order valence-electron chi connectivity index (χ1n) is 7.97. The van der Waals surface area contributed by atoms with Crippen LogP contribution in [0.25, 0.3) is 0 Å². The number of nitrogens with zero attached hydrogens (tertiary/aromatic N) is 1. The van der Waals surface area contributed by atoms with Crippen LogP contribution in [-0.4, -0.2) is 7.54 Å². The van der Waals surface area contributed by atoms with Crippen LogP contribution in [0.4, 0.5) is 12.9 Å². The predicted octanol–water partition coefficient (Wildman–Crippen LogP) is 0.881. The summed E-state index contributed by atoms with van der Waals surface area (Å²) in [5, 5.41) is 2.85. The molecule has 0 atom stereocenters. The summed E-state index contributed by atoms with van der Waals surface area (Å²) in [5.74, 6) is 0. The van der Waals surface area contributed by atoms with Crippen molar-refractivity contribution in [2.24, 2.45) is 7.05 Å². The molecule has 0 aliphatic heterocycles. The van der Waals surface area contributed by atoms with Crippen LogP contribution in [0.15, 0.2) is 79.0 Å². The molecule has 0 spiro atoms. The van der Waals surface area contributed by atoms with Gasteiger partial charge in [-0.05, 0) is 37.3 Å². The van der Waals surface area contributed by atoms with Gasteiger partial charge in [0.1, 0.15) is 17.7 Å². The minimum atomic E-state index is -3.67. The van der Waals surface area contributed by atoms with Crippen molar-refractivity contribution >= 4 is 40.7 Å². The van der Waals surface area contributed by atoms with Crippen molar-refractivity contribution in [3.63, 3.8) is 0 Å². The molecule has 0 unspecified atom stereocenters. The number of rotatable bonds is 3. The molecule has 3 rings (SSSR count). The third-order valence-electron chi connectivity index (χ3n) is 3.66. The molecule has 0 saturated heterocycles. The van der Waals surface area contributed by atoms with Crippen LogP contribution >= 0.6 is 17.1 Å². The van der Waals surface area contributed by atoms with Gasteiger partial charge in [-0.25, -0.2) is 0 Å². The third kappa shape index (κ3) is 8.89. The number of halogens is 5. The van der Waals surface area contributed by atoms with Crippen LogP contribution in [0.5, 0.6) is 0 Å². The third-order valence-corrected chi connectivity index (χ3v) is 6.52. The van der Waals surface area contributed by atoms with E-state index < -0.39 is 15.5 Å². The van der Waals surface area contributed by atoms with Crippen LogP contribution in [0, 0.1) is 6.92 Å². The first-order chi connectivity index (χ1) is 13.0. The number of benzene rings is 2. The van der Waals surface area contributed by atoms with E-state index in [-0.39, 0.29) is 4.70 Å².